The van der Waals surface area contributed by atoms with E-state index < -0.39 is 6.10 Å². The van der Waals surface area contributed by atoms with Crippen molar-refractivity contribution < 1.29 is 9.90 Å². The first-order valence-electron chi connectivity index (χ1n) is 7.09. The Hall–Kier alpha value is -1.66. The highest BCUT2D eigenvalue weighted by Crippen LogP contribution is 2.22. The topological polar surface area (TPSA) is 67.2 Å². The van der Waals surface area contributed by atoms with Crippen LogP contribution in [0.5, 0.6) is 0 Å². The zero-order valence-electron chi connectivity index (χ0n) is 12.6. The highest BCUT2D eigenvalue weighted by molar-refractivity contribution is 7.12. The molecule has 0 fully saturated rings. The number of hydrogen-bond donors (Lipinski definition) is 2. The van der Waals surface area contributed by atoms with E-state index in [2.05, 4.69) is 10.3 Å². The fraction of sp³-hybridized carbons (Fsp3) is 0.467. The zero-order chi connectivity index (χ0) is 15.4. The number of aromatic nitrogens is 2. The van der Waals surface area contributed by atoms with Crippen LogP contribution in [0.25, 0.3) is 5.13 Å². The SMILES string of the molecule is CCCC(O)CNC(=O)c1cc(C)n(-c2nccs2)c1C. The van der Waals surface area contributed by atoms with Gasteiger partial charge >= 0.3 is 0 Å². The molecule has 0 saturated carbocycles. The first-order valence-corrected chi connectivity index (χ1v) is 7.97. The Morgan fingerprint density at radius 1 is 1.52 bits per heavy atom. The van der Waals surface area contributed by atoms with E-state index in [0.29, 0.717) is 12.0 Å². The Morgan fingerprint density at radius 3 is 2.90 bits per heavy atom. The third kappa shape index (κ3) is 3.51. The average molecular weight is 307 g/mol. The van der Waals surface area contributed by atoms with Gasteiger partial charge in [0.25, 0.3) is 5.91 Å². The molecule has 114 valence electrons. The van der Waals surface area contributed by atoms with Gasteiger partial charge in [-0.05, 0) is 26.3 Å². The minimum atomic E-state index is -0.485. The second-order valence-corrected chi connectivity index (χ2v) is 5.96. The second kappa shape index (κ2) is 6.87. The van der Waals surface area contributed by atoms with Gasteiger partial charge in [-0.15, -0.1) is 11.3 Å². The third-order valence-electron chi connectivity index (χ3n) is 3.41. The van der Waals surface area contributed by atoms with Gasteiger partial charge in [0.15, 0.2) is 5.13 Å². The summed E-state index contributed by atoms with van der Waals surface area (Å²) in [6.07, 6.45) is 2.86. The van der Waals surface area contributed by atoms with E-state index in [1.165, 1.54) is 11.3 Å². The Labute approximate surface area is 128 Å². The molecule has 0 aliphatic heterocycles. The molecule has 0 bridgehead atoms. The fourth-order valence-electron chi connectivity index (χ4n) is 2.35. The van der Waals surface area contributed by atoms with Crippen LogP contribution in [0.1, 0.15) is 41.5 Å². The number of nitrogens with one attached hydrogen (secondary N) is 1. The van der Waals surface area contributed by atoms with Gasteiger partial charge in [0.1, 0.15) is 0 Å². The zero-order valence-corrected chi connectivity index (χ0v) is 13.4. The fourth-order valence-corrected chi connectivity index (χ4v) is 3.11. The van der Waals surface area contributed by atoms with Crippen molar-refractivity contribution in [1.29, 1.82) is 0 Å². The maximum Gasteiger partial charge on any atom is 0.253 e. The molecule has 2 aromatic heterocycles. The van der Waals surface area contributed by atoms with Crippen LogP contribution >= 0.6 is 11.3 Å². The molecule has 2 heterocycles. The number of hydrogen-bond acceptors (Lipinski definition) is 4. The Morgan fingerprint density at radius 2 is 2.29 bits per heavy atom. The van der Waals surface area contributed by atoms with Crippen LogP contribution in [0.15, 0.2) is 17.6 Å². The van der Waals surface area contributed by atoms with Gasteiger partial charge in [-0.2, -0.15) is 0 Å². The molecule has 6 heteroatoms. The number of carbonyl (C=O) groups excluding carboxylic acids is 1. The van der Waals surface area contributed by atoms with E-state index in [1.54, 1.807) is 6.20 Å². The van der Waals surface area contributed by atoms with Gasteiger partial charge in [-0.1, -0.05) is 13.3 Å². The lowest BCUT2D eigenvalue weighted by Gasteiger charge is -2.11. The number of thiazole rings is 1. The molecule has 2 aromatic rings. The summed E-state index contributed by atoms with van der Waals surface area (Å²) in [6.45, 7) is 6.16. The Balaban J connectivity index is 2.14. The van der Waals surface area contributed by atoms with Gasteiger partial charge in [-0.25, -0.2) is 4.98 Å². The van der Waals surface area contributed by atoms with E-state index in [-0.39, 0.29) is 12.5 Å². The normalized spacial score (nSPS) is 12.4. The summed E-state index contributed by atoms with van der Waals surface area (Å²) in [5.74, 6) is -0.152. The van der Waals surface area contributed by atoms with Crippen LogP contribution in [0.3, 0.4) is 0 Å². The number of aliphatic hydroxyl groups excluding tert-OH is 1. The number of carbonyl (C=O) groups is 1. The van der Waals surface area contributed by atoms with E-state index >= 15 is 0 Å². The van der Waals surface area contributed by atoms with Crippen molar-refractivity contribution in [3.8, 4) is 5.13 Å². The predicted octanol–water partition coefficient (Wildman–Crippen LogP) is 2.44. The third-order valence-corrected chi connectivity index (χ3v) is 4.16. The molecule has 5 nitrogen and oxygen atoms in total. The number of nitrogens with zero attached hydrogens (tertiary/aromatic N) is 2. The van der Waals surface area contributed by atoms with Gasteiger partial charge in [0.05, 0.1) is 11.7 Å². The number of aliphatic hydroxyl groups is 1. The van der Waals surface area contributed by atoms with Gasteiger partial charge in [0, 0.05) is 29.5 Å². The molecule has 2 rings (SSSR count). The first-order chi connectivity index (χ1) is 10.0. The summed E-state index contributed by atoms with van der Waals surface area (Å²) in [7, 11) is 0. The standard InChI is InChI=1S/C15H21N3O2S/c1-4-5-12(19)9-17-14(20)13-8-10(2)18(11(13)3)15-16-6-7-21-15/h6-8,12,19H,4-5,9H2,1-3H3,(H,17,20). The van der Waals surface area contributed by atoms with Gasteiger partial charge < -0.3 is 10.4 Å². The number of amides is 1. The van der Waals surface area contributed by atoms with Crippen LogP contribution in [0, 0.1) is 13.8 Å². The minimum Gasteiger partial charge on any atom is -0.391 e. The number of rotatable bonds is 6. The van der Waals surface area contributed by atoms with Crippen molar-refractivity contribution in [3.63, 3.8) is 0 Å². The van der Waals surface area contributed by atoms with Crippen molar-refractivity contribution in [2.45, 2.75) is 39.7 Å². The minimum absolute atomic E-state index is 0.152. The largest absolute Gasteiger partial charge is 0.391 e. The van der Waals surface area contributed by atoms with Crippen LogP contribution < -0.4 is 5.32 Å². The molecule has 1 amide bonds. The molecule has 0 saturated heterocycles. The van der Waals surface area contributed by atoms with Gasteiger partial charge in [-0.3, -0.25) is 9.36 Å². The lowest BCUT2D eigenvalue weighted by molar-refractivity contribution is 0.0909. The summed E-state index contributed by atoms with van der Waals surface area (Å²) in [4.78, 5) is 16.5. The van der Waals surface area contributed by atoms with Crippen LogP contribution in [0.4, 0.5) is 0 Å². The predicted molar refractivity (Wildman–Crippen MR) is 84.2 cm³/mol. The quantitative estimate of drug-likeness (QED) is 0.861. The number of aryl methyl sites for hydroxylation is 1. The van der Waals surface area contributed by atoms with Crippen molar-refractivity contribution in [1.82, 2.24) is 14.9 Å². The van der Waals surface area contributed by atoms with E-state index in [9.17, 15) is 9.90 Å². The van der Waals surface area contributed by atoms with E-state index in [0.717, 1.165) is 22.9 Å². The lowest BCUT2D eigenvalue weighted by atomic mass is 10.2. The Kier molecular flexibility index (Phi) is 5.14. The molecule has 1 atom stereocenters. The molecule has 0 radical (unpaired) electrons. The molecular formula is C15H21N3O2S. The first kappa shape index (κ1) is 15.7. The molecule has 21 heavy (non-hydrogen) atoms. The average Bonchev–Trinajstić information content (AvgIpc) is 3.04. The molecule has 0 aromatic carbocycles. The summed E-state index contributed by atoms with van der Waals surface area (Å²) >= 11 is 1.53. The molecular weight excluding hydrogens is 286 g/mol. The van der Waals surface area contributed by atoms with Crippen LogP contribution in [0.2, 0.25) is 0 Å². The van der Waals surface area contributed by atoms with Crippen molar-refractivity contribution in [2.75, 3.05) is 6.54 Å². The molecule has 1 unspecified atom stereocenters. The molecule has 0 aliphatic carbocycles. The molecule has 0 spiro atoms. The van der Waals surface area contributed by atoms with E-state index in [4.69, 9.17) is 0 Å². The lowest BCUT2D eigenvalue weighted by Crippen LogP contribution is -2.32. The molecule has 0 aliphatic rings. The van der Waals surface area contributed by atoms with Gasteiger partial charge in [0.2, 0.25) is 0 Å². The summed E-state index contributed by atoms with van der Waals surface area (Å²) in [5.41, 5.74) is 2.47. The maximum absolute atomic E-state index is 12.3. The maximum atomic E-state index is 12.3. The summed E-state index contributed by atoms with van der Waals surface area (Å²) in [6, 6.07) is 1.86. The smallest absolute Gasteiger partial charge is 0.253 e. The monoisotopic (exact) mass is 307 g/mol. The van der Waals surface area contributed by atoms with Crippen molar-refractivity contribution >= 4 is 17.2 Å². The van der Waals surface area contributed by atoms with Crippen LogP contribution in [-0.4, -0.2) is 33.2 Å². The van der Waals surface area contributed by atoms with Crippen LogP contribution in [-0.2, 0) is 0 Å². The summed E-state index contributed by atoms with van der Waals surface area (Å²) in [5, 5.41) is 15.3. The van der Waals surface area contributed by atoms with E-state index in [1.807, 2.05) is 36.8 Å². The highest BCUT2D eigenvalue weighted by atomic mass is 32.1. The summed E-state index contributed by atoms with van der Waals surface area (Å²) < 4.78 is 1.97. The highest BCUT2D eigenvalue weighted by Gasteiger charge is 2.18. The van der Waals surface area contributed by atoms with Crippen molar-refractivity contribution in [2.24, 2.45) is 0 Å². The molecule has 2 N–H and O–H groups in total. The second-order valence-electron chi connectivity index (χ2n) is 5.09. The van der Waals surface area contributed by atoms with Crippen molar-refractivity contribution in [3.05, 3.63) is 34.6 Å². The Bertz CT molecular complexity index is 605.